The Hall–Kier alpha value is -2.11. The Morgan fingerprint density at radius 1 is 1.33 bits per heavy atom. The first kappa shape index (κ1) is 22.6. The Morgan fingerprint density at radius 3 is 2.53 bits per heavy atom. The van der Waals surface area contributed by atoms with E-state index >= 15 is 4.39 Å². The van der Waals surface area contributed by atoms with E-state index in [4.69, 9.17) is 4.74 Å². The molecule has 5 nitrogen and oxygen atoms in total. The van der Waals surface area contributed by atoms with Gasteiger partial charge in [0.25, 0.3) is 6.47 Å². The lowest BCUT2D eigenvalue weighted by molar-refractivity contribution is -0.207. The molecule has 0 spiro atoms. The summed E-state index contributed by atoms with van der Waals surface area (Å²) in [5, 5.41) is 0. The molecule has 0 saturated heterocycles. The number of hydrogen-bond donors (Lipinski definition) is 0. The summed E-state index contributed by atoms with van der Waals surface area (Å²) in [6.07, 6.45) is 5.81. The normalized spacial score (nSPS) is 40.0. The Labute approximate surface area is 177 Å². The number of hydrogen-bond acceptors (Lipinski definition) is 5. The molecule has 0 aliphatic heterocycles. The van der Waals surface area contributed by atoms with Crippen LogP contribution in [0.25, 0.3) is 0 Å². The molecule has 30 heavy (non-hydrogen) atoms. The van der Waals surface area contributed by atoms with Gasteiger partial charge in [0.1, 0.15) is 0 Å². The standard InChI is InChI=1S/C24H31FO5/c1-6-18-19-9-8-16-12-17(28)10-11-21(16,4)24(19,25)20(29)13-22(18,5)23(7-2,15(3)27)30-14-26/h10-12,14,18-19H,6-9,13H2,1-5H3/t18?,19-,21-,22-,23-,24?/m0/s1. The smallest absolute Gasteiger partial charge is 0.294 e. The molecule has 0 aromatic heterocycles. The molecule has 0 N–H and O–H groups in total. The van der Waals surface area contributed by atoms with Crippen molar-refractivity contribution in [1.82, 2.24) is 0 Å². The van der Waals surface area contributed by atoms with E-state index in [1.165, 1.54) is 19.1 Å². The van der Waals surface area contributed by atoms with Gasteiger partial charge in [-0.05, 0) is 51.2 Å². The summed E-state index contributed by atoms with van der Waals surface area (Å²) in [5.41, 5.74) is -5.22. The summed E-state index contributed by atoms with van der Waals surface area (Å²) in [6.45, 7) is 8.80. The molecule has 2 unspecified atom stereocenters. The SMILES string of the molecule is CCC1[C@@H]2CCC3=CC(=O)C=C[C@]3(C)C2(F)C(=O)C[C@]1(C)[C@@](CC)(OC=O)C(C)=O. The number of carbonyl (C=O) groups excluding carboxylic acids is 4. The van der Waals surface area contributed by atoms with Crippen molar-refractivity contribution in [2.75, 3.05) is 0 Å². The molecule has 3 rings (SSSR count). The molecular formula is C24H31FO5. The molecule has 0 aromatic rings. The highest BCUT2D eigenvalue weighted by Gasteiger charge is 2.72. The van der Waals surface area contributed by atoms with Crippen LogP contribution in [0.1, 0.15) is 66.7 Å². The number of carbonyl (C=O) groups is 4. The molecule has 0 aromatic carbocycles. The maximum Gasteiger partial charge on any atom is 0.294 e. The van der Waals surface area contributed by atoms with Gasteiger partial charge in [0.15, 0.2) is 28.6 Å². The minimum Gasteiger partial charge on any atom is -0.453 e. The van der Waals surface area contributed by atoms with Crippen LogP contribution in [0.3, 0.4) is 0 Å². The van der Waals surface area contributed by atoms with Crippen LogP contribution < -0.4 is 0 Å². The highest BCUT2D eigenvalue weighted by Crippen LogP contribution is 2.66. The van der Waals surface area contributed by atoms with E-state index in [1.54, 1.807) is 26.8 Å². The third-order valence-electron chi connectivity index (χ3n) is 8.47. The summed E-state index contributed by atoms with van der Waals surface area (Å²) in [5.74, 6) is -2.10. The first-order valence-electron chi connectivity index (χ1n) is 10.8. The minimum atomic E-state index is -2.17. The monoisotopic (exact) mass is 418 g/mol. The zero-order valence-electron chi connectivity index (χ0n) is 18.4. The van der Waals surface area contributed by atoms with E-state index in [9.17, 15) is 19.2 Å². The van der Waals surface area contributed by atoms with E-state index in [1.807, 2.05) is 6.92 Å². The van der Waals surface area contributed by atoms with Crippen LogP contribution in [0, 0.1) is 22.7 Å². The maximum atomic E-state index is 17.0. The van der Waals surface area contributed by atoms with Gasteiger partial charge in [-0.2, -0.15) is 0 Å². The van der Waals surface area contributed by atoms with Crippen LogP contribution in [0.4, 0.5) is 4.39 Å². The van der Waals surface area contributed by atoms with Gasteiger partial charge in [0.2, 0.25) is 0 Å². The lowest BCUT2D eigenvalue weighted by atomic mass is 9.42. The fourth-order valence-corrected chi connectivity index (χ4v) is 6.93. The van der Waals surface area contributed by atoms with Gasteiger partial charge in [-0.1, -0.05) is 38.8 Å². The van der Waals surface area contributed by atoms with Crippen LogP contribution in [0.5, 0.6) is 0 Å². The number of ketones is 3. The lowest BCUT2D eigenvalue weighted by Gasteiger charge is -2.62. The summed E-state index contributed by atoms with van der Waals surface area (Å²) < 4.78 is 22.4. The highest BCUT2D eigenvalue weighted by atomic mass is 19.1. The van der Waals surface area contributed by atoms with E-state index in [-0.39, 0.29) is 36.8 Å². The zero-order valence-corrected chi connectivity index (χ0v) is 18.4. The number of Topliss-reactive ketones (excluding diaryl/α,β-unsaturated/α-hetero) is 2. The molecule has 2 fully saturated rings. The summed E-state index contributed by atoms with van der Waals surface area (Å²) in [6, 6.07) is 0. The quantitative estimate of drug-likeness (QED) is 0.607. The molecule has 164 valence electrons. The third kappa shape index (κ3) is 2.58. The van der Waals surface area contributed by atoms with Gasteiger partial charge in [-0.3, -0.25) is 19.2 Å². The number of allylic oxidation sites excluding steroid dienone is 4. The average molecular weight is 419 g/mol. The highest BCUT2D eigenvalue weighted by molar-refractivity contribution is 6.02. The van der Waals surface area contributed by atoms with Crippen molar-refractivity contribution >= 4 is 23.8 Å². The predicted molar refractivity (Wildman–Crippen MR) is 109 cm³/mol. The predicted octanol–water partition coefficient (Wildman–Crippen LogP) is 4.09. The number of rotatable bonds is 6. The summed E-state index contributed by atoms with van der Waals surface area (Å²) >= 11 is 0. The van der Waals surface area contributed by atoms with Crippen molar-refractivity contribution in [3.8, 4) is 0 Å². The number of ether oxygens (including phenoxy) is 1. The Kier molecular flexibility index (Phi) is 5.45. The second-order valence-corrected chi connectivity index (χ2v) is 9.45. The van der Waals surface area contributed by atoms with Gasteiger partial charge in [-0.25, -0.2) is 4.39 Å². The summed E-state index contributed by atoms with van der Waals surface area (Å²) in [7, 11) is 0. The minimum absolute atomic E-state index is 0.189. The first-order chi connectivity index (χ1) is 14.0. The van der Waals surface area contributed by atoms with Crippen molar-refractivity contribution in [3.05, 3.63) is 23.8 Å². The van der Waals surface area contributed by atoms with Crippen molar-refractivity contribution in [2.45, 2.75) is 78.0 Å². The van der Waals surface area contributed by atoms with Crippen LogP contribution in [0.2, 0.25) is 0 Å². The molecule has 2 saturated carbocycles. The van der Waals surface area contributed by atoms with Crippen LogP contribution in [-0.2, 0) is 23.9 Å². The summed E-state index contributed by atoms with van der Waals surface area (Å²) in [4.78, 5) is 49.6. The van der Waals surface area contributed by atoms with E-state index in [0.29, 0.717) is 24.8 Å². The second-order valence-electron chi connectivity index (χ2n) is 9.45. The van der Waals surface area contributed by atoms with Gasteiger partial charge in [0, 0.05) is 23.2 Å². The Morgan fingerprint density at radius 2 is 2.00 bits per heavy atom. The molecular weight excluding hydrogens is 387 g/mol. The van der Waals surface area contributed by atoms with Crippen molar-refractivity contribution in [3.63, 3.8) is 0 Å². The number of alkyl halides is 1. The largest absolute Gasteiger partial charge is 0.453 e. The van der Waals surface area contributed by atoms with Crippen molar-refractivity contribution in [2.24, 2.45) is 22.7 Å². The van der Waals surface area contributed by atoms with E-state index in [2.05, 4.69) is 0 Å². The number of fused-ring (bicyclic) bond motifs is 3. The molecule has 0 bridgehead atoms. The fourth-order valence-electron chi connectivity index (χ4n) is 6.93. The average Bonchev–Trinajstić information content (AvgIpc) is 2.68. The topological polar surface area (TPSA) is 77.5 Å². The third-order valence-corrected chi connectivity index (χ3v) is 8.47. The molecule has 0 amide bonds. The van der Waals surface area contributed by atoms with Crippen LogP contribution >= 0.6 is 0 Å². The zero-order chi connectivity index (χ0) is 22.5. The Bertz CT molecular complexity index is 860. The maximum absolute atomic E-state index is 17.0. The number of halogens is 1. The van der Waals surface area contributed by atoms with Crippen molar-refractivity contribution < 1.29 is 28.3 Å². The second kappa shape index (κ2) is 7.24. The fraction of sp³-hybridized carbons (Fsp3) is 0.667. The van der Waals surface area contributed by atoms with E-state index < -0.39 is 33.8 Å². The molecule has 0 heterocycles. The lowest BCUT2D eigenvalue weighted by Crippen LogP contribution is -2.70. The van der Waals surface area contributed by atoms with Gasteiger partial charge in [0.05, 0.1) is 0 Å². The van der Waals surface area contributed by atoms with Gasteiger partial charge in [-0.15, -0.1) is 0 Å². The first-order valence-corrected chi connectivity index (χ1v) is 10.8. The van der Waals surface area contributed by atoms with E-state index in [0.717, 1.165) is 0 Å². The Balaban J connectivity index is 2.20. The molecule has 3 aliphatic rings. The van der Waals surface area contributed by atoms with Gasteiger partial charge < -0.3 is 4.74 Å². The molecule has 3 aliphatic carbocycles. The molecule has 0 radical (unpaired) electrons. The van der Waals surface area contributed by atoms with Crippen LogP contribution in [-0.4, -0.2) is 35.1 Å². The molecule has 6 atom stereocenters. The van der Waals surface area contributed by atoms with Gasteiger partial charge >= 0.3 is 0 Å². The van der Waals surface area contributed by atoms with Crippen molar-refractivity contribution in [1.29, 1.82) is 0 Å². The van der Waals surface area contributed by atoms with Crippen LogP contribution in [0.15, 0.2) is 23.8 Å². The molecule has 6 heteroatoms.